The van der Waals surface area contributed by atoms with Crippen molar-refractivity contribution in [3.8, 4) is 11.1 Å². The SMILES string of the molecule is Cn1oc(=O)c(-c2c(F)cccc2Cl)c1C(=O)O. The third-order valence-corrected chi connectivity index (χ3v) is 2.71. The second kappa shape index (κ2) is 4.30. The first-order chi connectivity index (χ1) is 8.43. The van der Waals surface area contributed by atoms with Gasteiger partial charge in [0.1, 0.15) is 11.4 Å². The Kier molecular flexibility index (Phi) is 2.96. The van der Waals surface area contributed by atoms with E-state index < -0.39 is 28.7 Å². The van der Waals surface area contributed by atoms with Crippen LogP contribution in [0.1, 0.15) is 10.5 Å². The number of nitrogens with zero attached hydrogens (tertiary/aromatic N) is 1. The molecule has 0 aliphatic carbocycles. The van der Waals surface area contributed by atoms with E-state index in [9.17, 15) is 14.0 Å². The number of aromatic nitrogens is 1. The molecule has 7 heteroatoms. The van der Waals surface area contributed by atoms with Gasteiger partial charge in [0.2, 0.25) is 0 Å². The topological polar surface area (TPSA) is 72.4 Å². The molecule has 0 amide bonds. The molecule has 1 aromatic carbocycles. The number of carbonyl (C=O) groups is 1. The highest BCUT2D eigenvalue weighted by Crippen LogP contribution is 2.30. The van der Waals surface area contributed by atoms with E-state index in [1.165, 1.54) is 19.2 Å². The Morgan fingerprint density at radius 1 is 1.44 bits per heavy atom. The monoisotopic (exact) mass is 271 g/mol. The molecule has 0 aliphatic rings. The average Bonchev–Trinajstić information content (AvgIpc) is 2.54. The highest BCUT2D eigenvalue weighted by atomic mass is 35.5. The molecular weight excluding hydrogens is 265 g/mol. The van der Waals surface area contributed by atoms with Crippen LogP contribution in [0, 0.1) is 5.82 Å². The Morgan fingerprint density at radius 3 is 2.67 bits per heavy atom. The minimum absolute atomic E-state index is 0.0593. The Hall–Kier alpha value is -2.08. The number of aryl methyl sites for hydroxylation is 1. The molecule has 2 aromatic rings. The maximum atomic E-state index is 13.7. The van der Waals surface area contributed by atoms with Crippen molar-refractivity contribution in [3.63, 3.8) is 0 Å². The van der Waals surface area contributed by atoms with Crippen molar-refractivity contribution in [1.82, 2.24) is 4.74 Å². The maximum Gasteiger partial charge on any atom is 0.366 e. The van der Waals surface area contributed by atoms with E-state index in [1.54, 1.807) is 0 Å². The summed E-state index contributed by atoms with van der Waals surface area (Å²) in [5.41, 5.74) is -2.08. The highest BCUT2D eigenvalue weighted by molar-refractivity contribution is 6.33. The van der Waals surface area contributed by atoms with E-state index in [0.717, 1.165) is 10.8 Å². The van der Waals surface area contributed by atoms with E-state index in [4.69, 9.17) is 16.7 Å². The fourth-order valence-corrected chi connectivity index (χ4v) is 1.93. The molecule has 0 saturated heterocycles. The van der Waals surface area contributed by atoms with Gasteiger partial charge in [0.25, 0.3) is 0 Å². The molecule has 1 aromatic heterocycles. The zero-order chi connectivity index (χ0) is 13.4. The van der Waals surface area contributed by atoms with Crippen LogP contribution in [-0.2, 0) is 7.05 Å². The van der Waals surface area contributed by atoms with Gasteiger partial charge in [-0.15, -0.1) is 0 Å². The second-order valence-corrected chi connectivity index (χ2v) is 3.91. The molecule has 1 heterocycles. The van der Waals surface area contributed by atoms with Crippen LogP contribution in [0.25, 0.3) is 11.1 Å². The summed E-state index contributed by atoms with van der Waals surface area (Å²) < 4.78 is 19.1. The van der Waals surface area contributed by atoms with E-state index in [0.29, 0.717) is 0 Å². The van der Waals surface area contributed by atoms with Crippen molar-refractivity contribution in [3.05, 3.63) is 45.2 Å². The Balaban J connectivity index is 2.88. The molecule has 0 unspecified atom stereocenters. The number of hydrogen-bond acceptors (Lipinski definition) is 3. The van der Waals surface area contributed by atoms with Gasteiger partial charge >= 0.3 is 11.6 Å². The number of benzene rings is 1. The first-order valence-corrected chi connectivity index (χ1v) is 5.19. The summed E-state index contributed by atoms with van der Waals surface area (Å²) in [6.45, 7) is 0. The molecular formula is C11H7ClFNO4. The molecule has 2 rings (SSSR count). The molecule has 0 bridgehead atoms. The van der Waals surface area contributed by atoms with Crippen LogP contribution in [0.3, 0.4) is 0 Å². The van der Waals surface area contributed by atoms with Crippen LogP contribution < -0.4 is 5.63 Å². The molecule has 0 spiro atoms. The third kappa shape index (κ3) is 1.80. The normalized spacial score (nSPS) is 10.6. The molecule has 5 nitrogen and oxygen atoms in total. The lowest BCUT2D eigenvalue weighted by Gasteiger charge is -2.03. The molecule has 0 atom stereocenters. The second-order valence-electron chi connectivity index (χ2n) is 3.50. The number of carboxylic acid groups (broad SMARTS) is 1. The lowest BCUT2D eigenvalue weighted by atomic mass is 10.1. The Bertz CT molecular complexity index is 669. The molecule has 18 heavy (non-hydrogen) atoms. The van der Waals surface area contributed by atoms with E-state index in [1.807, 2.05) is 0 Å². The van der Waals surface area contributed by atoms with Crippen molar-refractivity contribution < 1.29 is 18.8 Å². The van der Waals surface area contributed by atoms with Crippen LogP contribution in [0.2, 0.25) is 5.02 Å². The fourth-order valence-electron chi connectivity index (χ4n) is 1.67. The minimum atomic E-state index is -1.40. The summed E-state index contributed by atoms with van der Waals surface area (Å²) >= 11 is 5.80. The van der Waals surface area contributed by atoms with Crippen LogP contribution in [-0.4, -0.2) is 15.8 Å². The van der Waals surface area contributed by atoms with Gasteiger partial charge in [-0.05, 0) is 12.1 Å². The van der Waals surface area contributed by atoms with E-state index in [-0.39, 0.29) is 10.6 Å². The van der Waals surface area contributed by atoms with Crippen molar-refractivity contribution >= 4 is 17.6 Å². The number of carboxylic acids is 1. The van der Waals surface area contributed by atoms with Crippen LogP contribution in [0.15, 0.2) is 27.5 Å². The zero-order valence-corrected chi connectivity index (χ0v) is 9.86. The van der Waals surface area contributed by atoms with E-state index >= 15 is 0 Å². The third-order valence-electron chi connectivity index (χ3n) is 2.39. The van der Waals surface area contributed by atoms with Crippen LogP contribution in [0.4, 0.5) is 4.39 Å². The van der Waals surface area contributed by atoms with Crippen LogP contribution in [0.5, 0.6) is 0 Å². The van der Waals surface area contributed by atoms with Gasteiger partial charge in [-0.2, -0.15) is 0 Å². The van der Waals surface area contributed by atoms with Crippen molar-refractivity contribution in [2.24, 2.45) is 7.05 Å². The van der Waals surface area contributed by atoms with Gasteiger partial charge in [-0.3, -0.25) is 0 Å². The number of rotatable bonds is 2. The smallest absolute Gasteiger partial charge is 0.366 e. The predicted octanol–water partition coefficient (Wildman–Crippen LogP) is 2.14. The zero-order valence-electron chi connectivity index (χ0n) is 9.11. The first-order valence-electron chi connectivity index (χ1n) is 4.81. The summed E-state index contributed by atoms with van der Waals surface area (Å²) in [7, 11) is 1.24. The van der Waals surface area contributed by atoms with Gasteiger partial charge < -0.3 is 9.63 Å². The van der Waals surface area contributed by atoms with Crippen LogP contribution >= 0.6 is 11.6 Å². The summed E-state index contributed by atoms with van der Waals surface area (Å²) in [5.74, 6) is -2.19. The van der Waals surface area contributed by atoms with Crippen molar-refractivity contribution in [1.29, 1.82) is 0 Å². The van der Waals surface area contributed by atoms with Gasteiger partial charge in [-0.1, -0.05) is 17.7 Å². The summed E-state index contributed by atoms with van der Waals surface area (Å²) in [5, 5.41) is 8.96. The number of hydrogen-bond donors (Lipinski definition) is 1. The fraction of sp³-hybridized carbons (Fsp3) is 0.0909. The van der Waals surface area contributed by atoms with Gasteiger partial charge in [-0.25, -0.2) is 18.7 Å². The molecule has 0 aliphatic heterocycles. The Labute approximate surface area is 105 Å². The molecule has 0 saturated carbocycles. The highest BCUT2D eigenvalue weighted by Gasteiger charge is 2.26. The summed E-state index contributed by atoms with van der Waals surface area (Å²) in [4.78, 5) is 22.7. The molecule has 0 fully saturated rings. The quantitative estimate of drug-likeness (QED) is 0.908. The minimum Gasteiger partial charge on any atom is -0.476 e. The standard InChI is InChI=1S/C11H7ClFNO4/c1-14-9(10(15)16)8(11(17)18-14)7-5(12)3-2-4-6(7)13/h2-4H,1H3,(H,15,16). The Morgan fingerprint density at radius 2 is 2.11 bits per heavy atom. The number of aromatic carboxylic acids is 1. The lowest BCUT2D eigenvalue weighted by Crippen LogP contribution is -2.07. The van der Waals surface area contributed by atoms with Gasteiger partial charge in [0.15, 0.2) is 5.69 Å². The van der Waals surface area contributed by atoms with Gasteiger partial charge in [0.05, 0.1) is 5.02 Å². The summed E-state index contributed by atoms with van der Waals surface area (Å²) in [6.07, 6.45) is 0. The lowest BCUT2D eigenvalue weighted by molar-refractivity contribution is 0.0673. The first kappa shape index (κ1) is 12.4. The van der Waals surface area contributed by atoms with E-state index in [2.05, 4.69) is 4.52 Å². The molecule has 0 radical (unpaired) electrons. The van der Waals surface area contributed by atoms with Crippen molar-refractivity contribution in [2.45, 2.75) is 0 Å². The largest absolute Gasteiger partial charge is 0.476 e. The van der Waals surface area contributed by atoms with Gasteiger partial charge in [0, 0.05) is 12.6 Å². The molecule has 1 N–H and O–H groups in total. The molecule has 94 valence electrons. The number of halogens is 2. The van der Waals surface area contributed by atoms with Crippen molar-refractivity contribution in [2.75, 3.05) is 0 Å². The summed E-state index contributed by atoms with van der Waals surface area (Å²) in [6, 6.07) is 3.80. The maximum absolute atomic E-state index is 13.7. The predicted molar refractivity (Wildman–Crippen MR) is 61.3 cm³/mol. The average molecular weight is 272 g/mol.